The Labute approximate surface area is 140 Å². The Bertz CT molecular complexity index is 722. The van der Waals surface area contributed by atoms with Crippen molar-refractivity contribution in [3.63, 3.8) is 0 Å². The Morgan fingerprint density at radius 1 is 1.19 bits per heavy atom. The van der Waals surface area contributed by atoms with Gasteiger partial charge in [0, 0.05) is 33.6 Å². The smallest absolute Gasteiger partial charge is 0.135 e. The fourth-order valence-electron chi connectivity index (χ4n) is 2.00. The highest BCUT2D eigenvalue weighted by Crippen LogP contribution is 2.31. The number of methoxy groups -OCH3 is 1. The second kappa shape index (κ2) is 6.64. The molecule has 0 aliphatic carbocycles. The Morgan fingerprint density at radius 3 is 2.86 bits per heavy atom. The van der Waals surface area contributed by atoms with E-state index in [1.165, 1.54) is 15.3 Å². The molecule has 0 spiro atoms. The predicted octanol–water partition coefficient (Wildman–Crippen LogP) is 5.86. The van der Waals surface area contributed by atoms with Gasteiger partial charge < -0.3 is 10.1 Å². The van der Waals surface area contributed by atoms with Crippen molar-refractivity contribution in [1.29, 1.82) is 0 Å². The van der Waals surface area contributed by atoms with Gasteiger partial charge in [0.2, 0.25) is 0 Å². The molecule has 2 nitrogen and oxygen atoms in total. The van der Waals surface area contributed by atoms with Gasteiger partial charge >= 0.3 is 0 Å². The van der Waals surface area contributed by atoms with Crippen LogP contribution >= 0.6 is 38.6 Å². The van der Waals surface area contributed by atoms with E-state index < -0.39 is 0 Å². The maximum absolute atomic E-state index is 5.31. The van der Waals surface area contributed by atoms with Crippen LogP contribution in [0.5, 0.6) is 5.75 Å². The first kappa shape index (κ1) is 14.6. The van der Waals surface area contributed by atoms with E-state index >= 15 is 0 Å². The fourth-order valence-corrected chi connectivity index (χ4v) is 4.03. The molecule has 21 heavy (non-hydrogen) atoms. The van der Waals surface area contributed by atoms with E-state index in [4.69, 9.17) is 4.74 Å². The summed E-state index contributed by atoms with van der Waals surface area (Å²) in [4.78, 5) is 2.64. The molecule has 1 N–H and O–H groups in total. The average molecular weight is 380 g/mol. The third-order valence-electron chi connectivity index (χ3n) is 3.08. The quantitative estimate of drug-likeness (QED) is 0.599. The van der Waals surface area contributed by atoms with Crippen LogP contribution in [-0.4, -0.2) is 7.11 Å². The van der Waals surface area contributed by atoms with Crippen molar-refractivity contribution in [2.45, 2.75) is 6.54 Å². The predicted molar refractivity (Wildman–Crippen MR) is 95.7 cm³/mol. The topological polar surface area (TPSA) is 21.3 Å². The molecule has 2 heterocycles. The van der Waals surface area contributed by atoms with Gasteiger partial charge in [0.15, 0.2) is 0 Å². The Morgan fingerprint density at radius 2 is 2.10 bits per heavy atom. The normalized spacial score (nSPS) is 10.6. The number of thiophene rings is 2. The molecule has 3 rings (SSSR count). The lowest BCUT2D eigenvalue weighted by Crippen LogP contribution is -1.97. The molecular formula is C16H14BrNOS2. The Balaban J connectivity index is 1.68. The van der Waals surface area contributed by atoms with Crippen LogP contribution in [0.15, 0.2) is 51.6 Å². The van der Waals surface area contributed by atoms with E-state index in [1.807, 2.05) is 18.2 Å². The molecule has 5 heteroatoms. The number of benzene rings is 1. The van der Waals surface area contributed by atoms with Crippen molar-refractivity contribution in [3.05, 3.63) is 56.5 Å². The second-order valence-electron chi connectivity index (χ2n) is 4.48. The lowest BCUT2D eigenvalue weighted by Gasteiger charge is -2.08. The second-order valence-corrected chi connectivity index (χ2v) is 7.28. The molecule has 0 saturated heterocycles. The third kappa shape index (κ3) is 3.48. The fraction of sp³-hybridized carbons (Fsp3) is 0.125. The zero-order valence-electron chi connectivity index (χ0n) is 11.4. The highest BCUT2D eigenvalue weighted by molar-refractivity contribution is 9.10. The lowest BCUT2D eigenvalue weighted by molar-refractivity contribution is 0.412. The minimum absolute atomic E-state index is 0.820. The number of halogens is 1. The highest BCUT2D eigenvalue weighted by Gasteiger charge is 2.05. The third-order valence-corrected chi connectivity index (χ3v) is 5.59. The van der Waals surface area contributed by atoms with E-state index in [1.54, 1.807) is 29.8 Å². The van der Waals surface area contributed by atoms with Gasteiger partial charge in [0.25, 0.3) is 0 Å². The molecule has 0 unspecified atom stereocenters. The Kier molecular flexibility index (Phi) is 4.63. The van der Waals surface area contributed by atoms with Crippen molar-refractivity contribution in [2.24, 2.45) is 0 Å². The van der Waals surface area contributed by atoms with Gasteiger partial charge in [-0.1, -0.05) is 6.07 Å². The summed E-state index contributed by atoms with van der Waals surface area (Å²) in [6.45, 7) is 0.820. The van der Waals surface area contributed by atoms with Crippen molar-refractivity contribution in [3.8, 4) is 16.2 Å². The highest BCUT2D eigenvalue weighted by atomic mass is 79.9. The standard InChI is InChI=1S/C16H14BrNOS2/c1-19-15-8-12(4-5-14(15)17)18-9-13-7-11(10-21-13)16-3-2-6-20-16/h2-8,10,18H,9H2,1H3. The van der Waals surface area contributed by atoms with Gasteiger partial charge in [-0.15, -0.1) is 22.7 Å². The van der Waals surface area contributed by atoms with Gasteiger partial charge in [-0.3, -0.25) is 0 Å². The molecule has 1 aromatic carbocycles. The minimum Gasteiger partial charge on any atom is -0.495 e. The summed E-state index contributed by atoms with van der Waals surface area (Å²) in [5, 5.41) is 7.76. The van der Waals surface area contributed by atoms with E-state index in [2.05, 4.69) is 50.2 Å². The van der Waals surface area contributed by atoms with Crippen LogP contribution in [0.25, 0.3) is 10.4 Å². The van der Waals surface area contributed by atoms with Crippen LogP contribution in [0.3, 0.4) is 0 Å². The number of nitrogens with one attached hydrogen (secondary N) is 1. The first-order valence-electron chi connectivity index (χ1n) is 6.45. The van der Waals surface area contributed by atoms with E-state index in [9.17, 15) is 0 Å². The van der Waals surface area contributed by atoms with Crippen LogP contribution in [0.4, 0.5) is 5.69 Å². The van der Waals surface area contributed by atoms with Gasteiger partial charge in [-0.2, -0.15) is 0 Å². The van der Waals surface area contributed by atoms with Crippen molar-refractivity contribution < 1.29 is 4.74 Å². The SMILES string of the molecule is COc1cc(NCc2cc(-c3cccs3)cs2)ccc1Br. The summed E-state index contributed by atoms with van der Waals surface area (Å²) in [6.07, 6.45) is 0. The van der Waals surface area contributed by atoms with E-state index in [0.29, 0.717) is 0 Å². The van der Waals surface area contributed by atoms with Crippen LogP contribution in [0.2, 0.25) is 0 Å². The molecule has 0 atom stereocenters. The summed E-state index contributed by atoms with van der Waals surface area (Å²) in [5.74, 6) is 0.838. The van der Waals surface area contributed by atoms with E-state index in [-0.39, 0.29) is 0 Å². The maximum atomic E-state index is 5.31. The average Bonchev–Trinajstić information content (AvgIpc) is 3.17. The van der Waals surface area contributed by atoms with Gasteiger partial charge in [-0.05, 0) is 51.0 Å². The van der Waals surface area contributed by atoms with Gasteiger partial charge in [-0.25, -0.2) is 0 Å². The molecule has 3 aromatic rings. The summed E-state index contributed by atoms with van der Waals surface area (Å²) >= 11 is 7.02. The number of ether oxygens (including phenoxy) is 1. The summed E-state index contributed by atoms with van der Waals surface area (Å²) < 4.78 is 6.27. The molecule has 0 aliphatic rings. The van der Waals surface area contributed by atoms with E-state index in [0.717, 1.165) is 22.5 Å². The van der Waals surface area contributed by atoms with Crippen molar-refractivity contribution in [2.75, 3.05) is 12.4 Å². The number of hydrogen-bond donors (Lipinski definition) is 1. The first-order chi connectivity index (χ1) is 10.3. The zero-order valence-corrected chi connectivity index (χ0v) is 14.6. The molecular weight excluding hydrogens is 366 g/mol. The molecule has 2 aromatic heterocycles. The largest absolute Gasteiger partial charge is 0.495 e. The van der Waals surface area contributed by atoms with Crippen molar-refractivity contribution >= 4 is 44.3 Å². The monoisotopic (exact) mass is 379 g/mol. The molecule has 0 amide bonds. The lowest BCUT2D eigenvalue weighted by atomic mass is 10.2. The Hall–Kier alpha value is -1.30. The van der Waals surface area contributed by atoms with Crippen LogP contribution < -0.4 is 10.1 Å². The number of hydrogen-bond acceptors (Lipinski definition) is 4. The first-order valence-corrected chi connectivity index (χ1v) is 9.00. The zero-order chi connectivity index (χ0) is 14.7. The van der Waals surface area contributed by atoms with Crippen LogP contribution in [0, 0.1) is 0 Å². The van der Waals surface area contributed by atoms with Gasteiger partial charge in [0.1, 0.15) is 5.75 Å². The molecule has 0 fully saturated rings. The number of rotatable bonds is 5. The molecule has 0 bridgehead atoms. The molecule has 108 valence electrons. The van der Waals surface area contributed by atoms with Crippen molar-refractivity contribution in [1.82, 2.24) is 0 Å². The number of anilines is 1. The summed E-state index contributed by atoms with van der Waals surface area (Å²) in [6, 6.07) is 12.5. The maximum Gasteiger partial charge on any atom is 0.135 e. The van der Waals surface area contributed by atoms with Gasteiger partial charge in [0.05, 0.1) is 11.6 Å². The van der Waals surface area contributed by atoms with Crippen LogP contribution in [0.1, 0.15) is 4.88 Å². The molecule has 0 saturated carbocycles. The minimum atomic E-state index is 0.820. The van der Waals surface area contributed by atoms with Crippen LogP contribution in [-0.2, 0) is 6.54 Å². The summed E-state index contributed by atoms with van der Waals surface area (Å²) in [7, 11) is 1.68. The molecule has 0 radical (unpaired) electrons. The summed E-state index contributed by atoms with van der Waals surface area (Å²) in [5.41, 5.74) is 2.36. The molecule has 0 aliphatic heterocycles.